The van der Waals surface area contributed by atoms with Crippen LogP contribution in [0.3, 0.4) is 0 Å². The fraction of sp³-hybridized carbons (Fsp3) is 0.500. The number of carboxylic acids is 1. The summed E-state index contributed by atoms with van der Waals surface area (Å²) in [6.45, 7) is 3.83. The van der Waals surface area contributed by atoms with Crippen LogP contribution in [0.2, 0.25) is 0 Å². The van der Waals surface area contributed by atoms with Crippen LogP contribution in [0.5, 0.6) is 0 Å². The Hall–Kier alpha value is -1.43. The predicted octanol–water partition coefficient (Wildman–Crippen LogP) is 1.69. The maximum atomic E-state index is 11.2. The molecule has 3 N–H and O–H groups in total. The predicted molar refractivity (Wildman–Crippen MR) is 74.4 cm³/mol. The van der Waals surface area contributed by atoms with Crippen molar-refractivity contribution in [3.8, 4) is 0 Å². The molecule has 1 aliphatic heterocycles. The first-order valence-corrected chi connectivity index (χ1v) is 7.02. The van der Waals surface area contributed by atoms with Crippen LogP contribution in [0.1, 0.15) is 23.7 Å². The standard InChI is InChI=1S/C12H17N3O2S/c1-2-9-7-15(3-4-18-9)11-10(12(16)17)5-8(13)6-14-11/h5-6,9H,2-4,7,13H2,1H3,(H,16,17). The average Bonchev–Trinajstić information content (AvgIpc) is 2.38. The molecule has 18 heavy (non-hydrogen) atoms. The normalized spacial score (nSPS) is 19.8. The lowest BCUT2D eigenvalue weighted by atomic mass is 10.2. The fourth-order valence-corrected chi connectivity index (χ4v) is 3.22. The summed E-state index contributed by atoms with van der Waals surface area (Å²) >= 11 is 1.94. The van der Waals surface area contributed by atoms with Gasteiger partial charge in [-0.2, -0.15) is 11.8 Å². The Morgan fingerprint density at radius 2 is 2.50 bits per heavy atom. The number of thioether (sulfide) groups is 1. The van der Waals surface area contributed by atoms with Gasteiger partial charge in [-0.3, -0.25) is 0 Å². The largest absolute Gasteiger partial charge is 0.478 e. The molecule has 0 bridgehead atoms. The quantitative estimate of drug-likeness (QED) is 0.867. The molecule has 5 nitrogen and oxygen atoms in total. The Labute approximate surface area is 110 Å². The van der Waals surface area contributed by atoms with Crippen molar-refractivity contribution in [3.63, 3.8) is 0 Å². The zero-order valence-corrected chi connectivity index (χ0v) is 11.1. The van der Waals surface area contributed by atoms with Crippen LogP contribution in [0.15, 0.2) is 12.3 Å². The molecule has 0 spiro atoms. The summed E-state index contributed by atoms with van der Waals surface area (Å²) in [7, 11) is 0. The lowest BCUT2D eigenvalue weighted by molar-refractivity contribution is 0.0697. The second kappa shape index (κ2) is 5.48. The van der Waals surface area contributed by atoms with Crippen LogP contribution < -0.4 is 10.6 Å². The third-order valence-electron chi connectivity index (χ3n) is 3.01. The fourth-order valence-electron chi connectivity index (χ4n) is 2.04. The van der Waals surface area contributed by atoms with Crippen molar-refractivity contribution in [1.29, 1.82) is 0 Å². The van der Waals surface area contributed by atoms with E-state index >= 15 is 0 Å². The molecule has 1 aromatic heterocycles. The first-order chi connectivity index (χ1) is 8.61. The van der Waals surface area contributed by atoms with E-state index in [4.69, 9.17) is 5.73 Å². The maximum absolute atomic E-state index is 11.2. The summed E-state index contributed by atoms with van der Waals surface area (Å²) in [5.74, 6) is 0.565. The third-order valence-corrected chi connectivity index (χ3v) is 4.38. The summed E-state index contributed by atoms with van der Waals surface area (Å²) in [6.07, 6.45) is 2.60. The minimum absolute atomic E-state index is 0.191. The Balaban J connectivity index is 2.29. The van der Waals surface area contributed by atoms with E-state index in [-0.39, 0.29) is 5.56 Å². The molecule has 98 valence electrons. The highest BCUT2D eigenvalue weighted by molar-refractivity contribution is 8.00. The highest BCUT2D eigenvalue weighted by atomic mass is 32.2. The molecule has 0 amide bonds. The van der Waals surface area contributed by atoms with Crippen molar-refractivity contribution < 1.29 is 9.90 Å². The monoisotopic (exact) mass is 267 g/mol. The SMILES string of the molecule is CCC1CN(c2ncc(N)cc2C(=O)O)CCS1. The summed E-state index contributed by atoms with van der Waals surface area (Å²) in [5.41, 5.74) is 6.18. The topological polar surface area (TPSA) is 79.5 Å². The Bertz CT molecular complexity index is 453. The van der Waals surface area contributed by atoms with Crippen LogP contribution in [0, 0.1) is 0 Å². The minimum Gasteiger partial charge on any atom is -0.478 e. The number of pyridine rings is 1. The average molecular weight is 267 g/mol. The van der Waals surface area contributed by atoms with E-state index in [1.54, 1.807) is 0 Å². The number of rotatable bonds is 3. The lowest BCUT2D eigenvalue weighted by Gasteiger charge is -2.33. The smallest absolute Gasteiger partial charge is 0.339 e. The summed E-state index contributed by atoms with van der Waals surface area (Å²) in [4.78, 5) is 17.5. The van der Waals surface area contributed by atoms with Gasteiger partial charge in [-0.15, -0.1) is 0 Å². The van der Waals surface area contributed by atoms with Gasteiger partial charge < -0.3 is 15.7 Å². The molecule has 1 aromatic rings. The van der Waals surface area contributed by atoms with E-state index in [1.165, 1.54) is 12.3 Å². The van der Waals surface area contributed by atoms with Crippen molar-refractivity contribution in [2.24, 2.45) is 0 Å². The van der Waals surface area contributed by atoms with E-state index in [2.05, 4.69) is 11.9 Å². The second-order valence-electron chi connectivity index (χ2n) is 4.29. The number of aromatic nitrogens is 1. The zero-order chi connectivity index (χ0) is 13.1. The summed E-state index contributed by atoms with van der Waals surface area (Å²) < 4.78 is 0. The number of carboxylic acid groups (broad SMARTS) is 1. The van der Waals surface area contributed by atoms with Gasteiger partial charge >= 0.3 is 5.97 Å². The second-order valence-corrected chi connectivity index (χ2v) is 5.70. The molecule has 0 aromatic carbocycles. The van der Waals surface area contributed by atoms with Gasteiger partial charge in [0.25, 0.3) is 0 Å². The molecule has 0 aliphatic carbocycles. The molecule has 0 saturated carbocycles. The van der Waals surface area contributed by atoms with Crippen LogP contribution in [0.4, 0.5) is 11.5 Å². The highest BCUT2D eigenvalue weighted by Crippen LogP contribution is 2.27. The van der Waals surface area contributed by atoms with Crippen LogP contribution in [-0.2, 0) is 0 Å². The number of nitrogens with zero attached hydrogens (tertiary/aromatic N) is 2. The van der Waals surface area contributed by atoms with E-state index in [0.29, 0.717) is 16.8 Å². The summed E-state index contributed by atoms with van der Waals surface area (Å²) in [6, 6.07) is 1.48. The Kier molecular flexibility index (Phi) is 3.96. The number of aromatic carboxylic acids is 1. The number of anilines is 2. The van der Waals surface area contributed by atoms with Crippen molar-refractivity contribution in [2.75, 3.05) is 29.5 Å². The first kappa shape index (κ1) is 13.0. The summed E-state index contributed by atoms with van der Waals surface area (Å²) in [5, 5.41) is 9.76. The number of hydrogen-bond acceptors (Lipinski definition) is 5. The molecule has 2 rings (SSSR count). The van der Waals surface area contributed by atoms with Gasteiger partial charge in [-0.25, -0.2) is 9.78 Å². The van der Waals surface area contributed by atoms with Gasteiger partial charge in [0.05, 0.1) is 11.9 Å². The number of nitrogen functional groups attached to an aromatic ring is 1. The first-order valence-electron chi connectivity index (χ1n) is 5.97. The highest BCUT2D eigenvalue weighted by Gasteiger charge is 2.24. The molecule has 2 heterocycles. The van der Waals surface area contributed by atoms with Gasteiger partial charge in [0.15, 0.2) is 0 Å². The van der Waals surface area contributed by atoms with Gasteiger partial charge in [-0.05, 0) is 12.5 Å². The van der Waals surface area contributed by atoms with E-state index in [0.717, 1.165) is 25.3 Å². The molecular weight excluding hydrogens is 250 g/mol. The maximum Gasteiger partial charge on any atom is 0.339 e. The molecular formula is C12H17N3O2S. The van der Waals surface area contributed by atoms with Crippen molar-refractivity contribution in [1.82, 2.24) is 4.98 Å². The van der Waals surface area contributed by atoms with Crippen molar-refractivity contribution in [3.05, 3.63) is 17.8 Å². The van der Waals surface area contributed by atoms with E-state index in [9.17, 15) is 9.90 Å². The Morgan fingerprint density at radius 3 is 3.17 bits per heavy atom. The molecule has 1 saturated heterocycles. The van der Waals surface area contributed by atoms with Crippen LogP contribution >= 0.6 is 11.8 Å². The molecule has 1 unspecified atom stereocenters. The van der Waals surface area contributed by atoms with Crippen LogP contribution in [0.25, 0.3) is 0 Å². The molecule has 6 heteroatoms. The molecule has 1 aliphatic rings. The van der Waals surface area contributed by atoms with E-state index < -0.39 is 5.97 Å². The lowest BCUT2D eigenvalue weighted by Crippen LogP contribution is -2.39. The minimum atomic E-state index is -0.976. The Morgan fingerprint density at radius 1 is 1.72 bits per heavy atom. The van der Waals surface area contributed by atoms with Crippen LogP contribution in [-0.4, -0.2) is 40.2 Å². The molecule has 1 fully saturated rings. The molecule has 0 radical (unpaired) electrons. The van der Waals surface area contributed by atoms with Crippen molar-refractivity contribution >= 4 is 29.2 Å². The van der Waals surface area contributed by atoms with Gasteiger partial charge in [0.1, 0.15) is 11.4 Å². The number of carbonyl (C=O) groups is 1. The van der Waals surface area contributed by atoms with Crippen molar-refractivity contribution in [2.45, 2.75) is 18.6 Å². The zero-order valence-electron chi connectivity index (χ0n) is 10.3. The number of nitrogens with two attached hydrogens (primary N) is 1. The third kappa shape index (κ3) is 2.69. The molecule has 1 atom stereocenters. The van der Waals surface area contributed by atoms with Gasteiger partial charge in [0, 0.05) is 24.1 Å². The van der Waals surface area contributed by atoms with Gasteiger partial charge in [-0.1, -0.05) is 6.92 Å². The number of hydrogen-bond donors (Lipinski definition) is 2. The van der Waals surface area contributed by atoms with Gasteiger partial charge in [0.2, 0.25) is 0 Å². The van der Waals surface area contributed by atoms with E-state index in [1.807, 2.05) is 16.7 Å².